The van der Waals surface area contributed by atoms with Crippen LogP contribution in [0.4, 0.5) is 0 Å². The fraction of sp³-hybridized carbons (Fsp3) is 0.250. The van der Waals surface area contributed by atoms with E-state index >= 15 is 0 Å². The quantitative estimate of drug-likeness (QED) is 0.663. The first-order chi connectivity index (χ1) is 9.69. The molecule has 0 unspecified atom stereocenters. The third kappa shape index (κ3) is 1.59. The highest BCUT2D eigenvalue weighted by Crippen LogP contribution is 2.42. The second-order valence-corrected chi connectivity index (χ2v) is 5.89. The maximum atomic E-state index is 11.4. The Kier molecular flexibility index (Phi) is 2.42. The Morgan fingerprint density at radius 1 is 1.35 bits per heavy atom. The minimum Gasteiger partial charge on any atom is -0.298 e. The number of fused-ring (bicyclic) bond motifs is 3. The van der Waals surface area contributed by atoms with E-state index in [9.17, 15) is 4.79 Å². The molecule has 1 aliphatic rings. The molecule has 3 nitrogen and oxygen atoms in total. The molecule has 100 valence electrons. The van der Waals surface area contributed by atoms with Crippen LogP contribution in [0.15, 0.2) is 24.3 Å². The summed E-state index contributed by atoms with van der Waals surface area (Å²) < 4.78 is 1.94. The lowest BCUT2D eigenvalue weighted by Crippen LogP contribution is -1.98. The fourth-order valence-corrected chi connectivity index (χ4v) is 3.05. The van der Waals surface area contributed by atoms with Gasteiger partial charge in [0.2, 0.25) is 0 Å². The maximum absolute atomic E-state index is 11.4. The minimum absolute atomic E-state index is 0.566. The van der Waals surface area contributed by atoms with Gasteiger partial charge in [-0.15, -0.1) is 0 Å². The average molecular weight is 285 g/mol. The molecule has 1 saturated carbocycles. The molecule has 2 heterocycles. The Morgan fingerprint density at radius 3 is 2.85 bits per heavy atom. The third-order valence-corrected chi connectivity index (χ3v) is 4.27. The molecule has 0 amide bonds. The molecule has 4 heteroatoms. The first kappa shape index (κ1) is 11.9. The van der Waals surface area contributed by atoms with Crippen molar-refractivity contribution in [2.75, 3.05) is 0 Å². The lowest BCUT2D eigenvalue weighted by Gasteiger charge is -2.08. The van der Waals surface area contributed by atoms with Gasteiger partial charge in [-0.2, -0.15) is 5.10 Å². The van der Waals surface area contributed by atoms with Crippen molar-refractivity contribution in [2.24, 2.45) is 0 Å². The van der Waals surface area contributed by atoms with E-state index in [4.69, 9.17) is 11.6 Å². The van der Waals surface area contributed by atoms with Crippen molar-refractivity contribution in [1.82, 2.24) is 9.61 Å². The molecule has 0 spiro atoms. The Labute approximate surface area is 121 Å². The van der Waals surface area contributed by atoms with Crippen molar-refractivity contribution in [3.8, 4) is 0 Å². The summed E-state index contributed by atoms with van der Waals surface area (Å²) in [6, 6.07) is 8.00. The predicted octanol–water partition coefficient (Wildman–Crippen LogP) is 4.14. The van der Waals surface area contributed by atoms with Gasteiger partial charge in [-0.05, 0) is 43.4 Å². The number of carbonyl (C=O) groups is 1. The number of hydrogen-bond acceptors (Lipinski definition) is 2. The van der Waals surface area contributed by atoms with Crippen LogP contribution in [-0.4, -0.2) is 15.9 Å². The van der Waals surface area contributed by atoms with Gasteiger partial charge in [-0.1, -0.05) is 17.7 Å². The van der Waals surface area contributed by atoms with Crippen LogP contribution in [0.2, 0.25) is 5.02 Å². The first-order valence-corrected chi connectivity index (χ1v) is 7.13. The largest absolute Gasteiger partial charge is 0.298 e. The van der Waals surface area contributed by atoms with E-state index in [0.29, 0.717) is 16.5 Å². The molecule has 1 aliphatic carbocycles. The SMILES string of the molecule is Cc1nn2c(C3CC3)cc3ccc(Cl)cc3c2c1C=O. The van der Waals surface area contributed by atoms with Crippen molar-refractivity contribution >= 4 is 34.2 Å². The van der Waals surface area contributed by atoms with Gasteiger partial charge >= 0.3 is 0 Å². The van der Waals surface area contributed by atoms with Crippen molar-refractivity contribution in [2.45, 2.75) is 25.7 Å². The molecule has 3 aromatic rings. The molecule has 0 bridgehead atoms. The third-order valence-electron chi connectivity index (χ3n) is 4.04. The number of aldehydes is 1. The zero-order valence-electron chi connectivity index (χ0n) is 11.1. The molecule has 0 saturated heterocycles. The summed E-state index contributed by atoms with van der Waals surface area (Å²) in [6.07, 6.45) is 3.29. The molecule has 0 aliphatic heterocycles. The van der Waals surface area contributed by atoms with E-state index in [1.54, 1.807) is 0 Å². The average Bonchev–Trinajstić information content (AvgIpc) is 3.20. The van der Waals surface area contributed by atoms with E-state index in [1.807, 2.05) is 29.6 Å². The second-order valence-electron chi connectivity index (χ2n) is 5.45. The Bertz CT molecular complexity index is 862. The van der Waals surface area contributed by atoms with Crippen LogP contribution in [0.1, 0.15) is 40.5 Å². The highest BCUT2D eigenvalue weighted by Gasteiger charge is 2.28. The summed E-state index contributed by atoms with van der Waals surface area (Å²) in [5.41, 5.74) is 3.53. The summed E-state index contributed by atoms with van der Waals surface area (Å²) in [4.78, 5) is 11.4. The zero-order valence-corrected chi connectivity index (χ0v) is 11.8. The van der Waals surface area contributed by atoms with E-state index in [0.717, 1.165) is 28.3 Å². The second kappa shape index (κ2) is 4.06. The highest BCUT2D eigenvalue weighted by molar-refractivity contribution is 6.31. The first-order valence-electron chi connectivity index (χ1n) is 6.75. The van der Waals surface area contributed by atoms with Gasteiger partial charge < -0.3 is 0 Å². The summed E-state index contributed by atoms with van der Waals surface area (Å²) >= 11 is 6.12. The Morgan fingerprint density at radius 2 is 2.15 bits per heavy atom. The zero-order chi connectivity index (χ0) is 13.9. The van der Waals surface area contributed by atoms with Crippen LogP contribution < -0.4 is 0 Å². The van der Waals surface area contributed by atoms with Crippen LogP contribution in [0, 0.1) is 6.92 Å². The summed E-state index contributed by atoms with van der Waals surface area (Å²) in [5, 5.41) is 7.35. The van der Waals surface area contributed by atoms with E-state index in [2.05, 4.69) is 11.2 Å². The van der Waals surface area contributed by atoms with Gasteiger partial charge in [-0.3, -0.25) is 4.79 Å². The van der Waals surface area contributed by atoms with Gasteiger partial charge in [-0.25, -0.2) is 4.52 Å². The van der Waals surface area contributed by atoms with Crippen molar-refractivity contribution in [1.29, 1.82) is 0 Å². The Balaban J connectivity index is 2.24. The van der Waals surface area contributed by atoms with Crippen LogP contribution in [-0.2, 0) is 0 Å². The number of carbonyl (C=O) groups excluding carboxylic acids is 1. The number of aryl methyl sites for hydroxylation is 1. The summed E-state index contributed by atoms with van der Waals surface area (Å²) in [7, 11) is 0. The molecule has 1 fully saturated rings. The Hall–Kier alpha value is -1.87. The van der Waals surface area contributed by atoms with Crippen LogP contribution >= 0.6 is 11.6 Å². The maximum Gasteiger partial charge on any atom is 0.154 e. The van der Waals surface area contributed by atoms with Crippen LogP contribution in [0.25, 0.3) is 16.3 Å². The number of pyridine rings is 1. The minimum atomic E-state index is 0.566. The summed E-state index contributed by atoms with van der Waals surface area (Å²) in [5.74, 6) is 0.566. The molecule has 1 aromatic carbocycles. The molecular formula is C16H13ClN2O. The lowest BCUT2D eigenvalue weighted by atomic mass is 10.1. The number of nitrogens with zero attached hydrogens (tertiary/aromatic N) is 2. The molecule has 0 N–H and O–H groups in total. The number of hydrogen-bond donors (Lipinski definition) is 0. The number of benzene rings is 1. The molecule has 0 atom stereocenters. The monoisotopic (exact) mass is 284 g/mol. The van der Waals surface area contributed by atoms with Gasteiger partial charge in [0.1, 0.15) is 0 Å². The van der Waals surface area contributed by atoms with Crippen LogP contribution in [0.3, 0.4) is 0 Å². The molecular weight excluding hydrogens is 272 g/mol. The van der Waals surface area contributed by atoms with Gasteiger partial charge in [0, 0.05) is 22.0 Å². The smallest absolute Gasteiger partial charge is 0.154 e. The van der Waals surface area contributed by atoms with Crippen molar-refractivity contribution in [3.63, 3.8) is 0 Å². The fourth-order valence-electron chi connectivity index (χ4n) is 2.88. The van der Waals surface area contributed by atoms with E-state index < -0.39 is 0 Å². The predicted molar refractivity (Wildman–Crippen MR) is 79.8 cm³/mol. The van der Waals surface area contributed by atoms with Gasteiger partial charge in [0.25, 0.3) is 0 Å². The van der Waals surface area contributed by atoms with Gasteiger partial charge in [0.05, 0.1) is 16.8 Å². The molecule has 20 heavy (non-hydrogen) atoms. The highest BCUT2D eigenvalue weighted by atomic mass is 35.5. The van der Waals surface area contributed by atoms with E-state index in [1.165, 1.54) is 18.5 Å². The molecule has 2 aromatic heterocycles. The van der Waals surface area contributed by atoms with E-state index in [-0.39, 0.29) is 0 Å². The lowest BCUT2D eigenvalue weighted by molar-refractivity contribution is 0.112. The van der Waals surface area contributed by atoms with Crippen molar-refractivity contribution < 1.29 is 4.79 Å². The van der Waals surface area contributed by atoms with Crippen LogP contribution in [0.5, 0.6) is 0 Å². The topological polar surface area (TPSA) is 34.4 Å². The number of aromatic nitrogens is 2. The normalized spacial score (nSPS) is 15.1. The number of halogens is 1. The van der Waals surface area contributed by atoms with Gasteiger partial charge in [0.15, 0.2) is 6.29 Å². The molecule has 0 radical (unpaired) electrons. The number of rotatable bonds is 2. The molecule has 4 rings (SSSR count). The summed E-state index contributed by atoms with van der Waals surface area (Å²) in [6.45, 7) is 1.88. The van der Waals surface area contributed by atoms with Crippen molar-refractivity contribution in [3.05, 3.63) is 46.2 Å². The standard InChI is InChI=1S/C16H13ClN2O/c1-9-14(8-20)16-13-7-12(17)5-4-11(13)6-15(10-2-3-10)19(16)18-9/h4-8,10H,2-3H2,1H3.